The fourth-order valence-corrected chi connectivity index (χ4v) is 2.60. The number of aliphatic carboxylic acids is 1. The van der Waals surface area contributed by atoms with Gasteiger partial charge in [-0.25, -0.2) is 4.79 Å². The zero-order chi connectivity index (χ0) is 12.6. The van der Waals surface area contributed by atoms with Crippen molar-refractivity contribution in [2.75, 3.05) is 20.1 Å². The number of carbonyl (C=O) groups is 2. The van der Waals surface area contributed by atoms with E-state index < -0.39 is 11.9 Å². The lowest BCUT2D eigenvalue weighted by Crippen LogP contribution is -2.47. The summed E-state index contributed by atoms with van der Waals surface area (Å²) in [6.45, 7) is 2.81. The van der Waals surface area contributed by atoms with E-state index >= 15 is 0 Å². The highest BCUT2D eigenvalue weighted by Gasteiger charge is 2.39. The Bertz CT molecular complexity index is 328. The van der Waals surface area contributed by atoms with Crippen LogP contribution in [0.15, 0.2) is 0 Å². The number of carbonyl (C=O) groups excluding carboxylic acids is 1. The maximum atomic E-state index is 12.2. The molecule has 0 aromatic carbocycles. The zero-order valence-corrected chi connectivity index (χ0v) is 10.4. The van der Waals surface area contributed by atoms with Crippen molar-refractivity contribution in [1.82, 2.24) is 9.80 Å². The number of carboxylic acid groups (broad SMARTS) is 1. The van der Waals surface area contributed by atoms with E-state index in [9.17, 15) is 9.59 Å². The van der Waals surface area contributed by atoms with Crippen molar-refractivity contribution in [2.45, 2.75) is 32.2 Å². The summed E-state index contributed by atoms with van der Waals surface area (Å²) in [6.07, 6.45) is 3.35. The molecule has 2 aliphatic rings. The van der Waals surface area contributed by atoms with Gasteiger partial charge in [0.05, 0.1) is 5.92 Å². The van der Waals surface area contributed by atoms with Crippen LogP contribution in [-0.2, 0) is 4.79 Å². The Balaban J connectivity index is 1.94. The lowest BCUT2D eigenvalue weighted by molar-refractivity contribution is -0.142. The van der Waals surface area contributed by atoms with E-state index in [4.69, 9.17) is 5.11 Å². The molecule has 2 rings (SSSR count). The van der Waals surface area contributed by atoms with E-state index in [0.717, 1.165) is 12.8 Å². The molecule has 2 fully saturated rings. The molecule has 2 atom stereocenters. The van der Waals surface area contributed by atoms with Gasteiger partial charge in [0.1, 0.15) is 0 Å². The molecule has 96 valence electrons. The highest BCUT2D eigenvalue weighted by molar-refractivity contribution is 5.77. The number of nitrogens with zero attached hydrogens (tertiary/aromatic N) is 2. The Morgan fingerprint density at radius 1 is 1.29 bits per heavy atom. The molecule has 5 heteroatoms. The quantitative estimate of drug-likeness (QED) is 0.790. The molecule has 17 heavy (non-hydrogen) atoms. The lowest BCUT2D eigenvalue weighted by atomic mass is 9.92. The maximum absolute atomic E-state index is 12.2. The molecule has 1 N–H and O–H groups in total. The second-order valence-electron chi connectivity index (χ2n) is 5.31. The smallest absolute Gasteiger partial charge is 0.320 e. The average Bonchev–Trinajstić information content (AvgIpc) is 2.56. The van der Waals surface area contributed by atoms with Crippen LogP contribution < -0.4 is 0 Å². The van der Waals surface area contributed by atoms with Gasteiger partial charge in [-0.3, -0.25) is 4.79 Å². The Labute approximate surface area is 101 Å². The third-order valence-corrected chi connectivity index (χ3v) is 4.12. The SMILES string of the molecule is CC1CN(C(=O)N(C)C2CCC2)CC1C(=O)O. The van der Waals surface area contributed by atoms with Gasteiger partial charge >= 0.3 is 12.0 Å². The maximum Gasteiger partial charge on any atom is 0.320 e. The van der Waals surface area contributed by atoms with Crippen molar-refractivity contribution < 1.29 is 14.7 Å². The monoisotopic (exact) mass is 240 g/mol. The number of amides is 2. The molecule has 0 spiro atoms. The average molecular weight is 240 g/mol. The summed E-state index contributed by atoms with van der Waals surface area (Å²) in [5, 5.41) is 9.04. The van der Waals surface area contributed by atoms with Crippen molar-refractivity contribution in [3.8, 4) is 0 Å². The van der Waals surface area contributed by atoms with Crippen LogP contribution in [0.25, 0.3) is 0 Å². The van der Waals surface area contributed by atoms with E-state index in [-0.39, 0.29) is 11.9 Å². The summed E-state index contributed by atoms with van der Waals surface area (Å²) in [6, 6.07) is 0.354. The minimum atomic E-state index is -0.793. The van der Waals surface area contributed by atoms with Gasteiger partial charge in [-0.15, -0.1) is 0 Å². The van der Waals surface area contributed by atoms with Gasteiger partial charge < -0.3 is 14.9 Å². The molecule has 0 aromatic rings. The van der Waals surface area contributed by atoms with Gasteiger partial charge in [0.2, 0.25) is 0 Å². The predicted molar refractivity (Wildman–Crippen MR) is 62.7 cm³/mol. The van der Waals surface area contributed by atoms with Crippen LogP contribution in [-0.4, -0.2) is 53.1 Å². The fraction of sp³-hybridized carbons (Fsp3) is 0.833. The fourth-order valence-electron chi connectivity index (χ4n) is 2.60. The van der Waals surface area contributed by atoms with Crippen molar-refractivity contribution in [3.63, 3.8) is 0 Å². The van der Waals surface area contributed by atoms with Crippen LogP contribution in [0.3, 0.4) is 0 Å². The Morgan fingerprint density at radius 2 is 1.94 bits per heavy atom. The van der Waals surface area contributed by atoms with Gasteiger partial charge in [-0.1, -0.05) is 6.92 Å². The first-order valence-electron chi connectivity index (χ1n) is 6.25. The first-order chi connectivity index (χ1) is 8.00. The lowest BCUT2D eigenvalue weighted by Gasteiger charge is -2.37. The van der Waals surface area contributed by atoms with Gasteiger partial charge in [0, 0.05) is 26.2 Å². The molecule has 0 bridgehead atoms. The van der Waals surface area contributed by atoms with Gasteiger partial charge in [-0.05, 0) is 25.2 Å². The van der Waals surface area contributed by atoms with E-state index in [1.807, 2.05) is 14.0 Å². The molecular weight excluding hydrogens is 220 g/mol. The van der Waals surface area contributed by atoms with E-state index in [2.05, 4.69) is 0 Å². The molecule has 1 saturated heterocycles. The first kappa shape index (κ1) is 12.2. The number of hydrogen-bond donors (Lipinski definition) is 1. The summed E-state index contributed by atoms with van der Waals surface area (Å²) in [4.78, 5) is 26.6. The molecule has 0 aromatic heterocycles. The molecule has 1 heterocycles. The third-order valence-electron chi connectivity index (χ3n) is 4.12. The highest BCUT2D eigenvalue weighted by Crippen LogP contribution is 2.28. The van der Waals surface area contributed by atoms with Gasteiger partial charge in [0.15, 0.2) is 0 Å². The van der Waals surface area contributed by atoms with E-state index in [0.29, 0.717) is 19.1 Å². The Morgan fingerprint density at radius 3 is 2.35 bits per heavy atom. The molecule has 1 saturated carbocycles. The second kappa shape index (κ2) is 4.55. The van der Waals surface area contributed by atoms with Crippen molar-refractivity contribution >= 4 is 12.0 Å². The summed E-state index contributed by atoms with van der Waals surface area (Å²) in [5.74, 6) is -1.15. The number of urea groups is 1. The minimum absolute atomic E-state index is 0.00898. The second-order valence-corrected chi connectivity index (χ2v) is 5.31. The summed E-state index contributed by atoms with van der Waals surface area (Å²) in [5.41, 5.74) is 0. The van der Waals surface area contributed by atoms with Crippen LogP contribution in [0.1, 0.15) is 26.2 Å². The molecule has 0 radical (unpaired) electrons. The largest absolute Gasteiger partial charge is 0.481 e. The zero-order valence-electron chi connectivity index (χ0n) is 10.4. The van der Waals surface area contributed by atoms with Crippen LogP contribution in [0, 0.1) is 11.8 Å². The summed E-state index contributed by atoms with van der Waals surface area (Å²) >= 11 is 0. The molecule has 2 amide bonds. The van der Waals surface area contributed by atoms with Crippen molar-refractivity contribution in [1.29, 1.82) is 0 Å². The van der Waals surface area contributed by atoms with Crippen LogP contribution in [0.5, 0.6) is 0 Å². The van der Waals surface area contributed by atoms with Gasteiger partial charge in [-0.2, -0.15) is 0 Å². The predicted octanol–water partition coefficient (Wildman–Crippen LogP) is 1.24. The number of carboxylic acids is 1. The Hall–Kier alpha value is -1.26. The summed E-state index contributed by atoms with van der Waals surface area (Å²) < 4.78 is 0. The minimum Gasteiger partial charge on any atom is -0.481 e. The normalized spacial score (nSPS) is 28.9. The van der Waals surface area contributed by atoms with Crippen LogP contribution >= 0.6 is 0 Å². The molecule has 2 unspecified atom stereocenters. The van der Waals surface area contributed by atoms with Gasteiger partial charge in [0.25, 0.3) is 0 Å². The number of rotatable bonds is 2. The van der Waals surface area contributed by atoms with E-state index in [1.54, 1.807) is 9.80 Å². The third kappa shape index (κ3) is 2.23. The van der Waals surface area contributed by atoms with Crippen molar-refractivity contribution in [3.05, 3.63) is 0 Å². The highest BCUT2D eigenvalue weighted by atomic mass is 16.4. The Kier molecular flexibility index (Phi) is 3.26. The molecular formula is C12H20N2O3. The summed E-state index contributed by atoms with van der Waals surface area (Å²) in [7, 11) is 1.82. The van der Waals surface area contributed by atoms with Crippen LogP contribution in [0.2, 0.25) is 0 Å². The number of likely N-dealkylation sites (tertiary alicyclic amines) is 1. The van der Waals surface area contributed by atoms with Crippen LogP contribution in [0.4, 0.5) is 4.79 Å². The van der Waals surface area contributed by atoms with E-state index in [1.165, 1.54) is 6.42 Å². The molecule has 5 nitrogen and oxygen atoms in total. The van der Waals surface area contributed by atoms with Crippen molar-refractivity contribution in [2.24, 2.45) is 11.8 Å². The first-order valence-corrected chi connectivity index (χ1v) is 6.25. The topological polar surface area (TPSA) is 60.9 Å². The number of hydrogen-bond acceptors (Lipinski definition) is 2. The standard InChI is InChI=1S/C12H20N2O3/c1-8-6-14(7-10(8)11(15)16)12(17)13(2)9-4-3-5-9/h8-10H,3-7H2,1-2H3,(H,15,16). The molecule has 1 aliphatic heterocycles. The molecule has 1 aliphatic carbocycles.